The van der Waals surface area contributed by atoms with Gasteiger partial charge in [-0.3, -0.25) is 9.59 Å². The van der Waals surface area contributed by atoms with Crippen LogP contribution in [0.4, 0.5) is 0 Å². The Hall–Kier alpha value is -3.53. The lowest BCUT2D eigenvalue weighted by Crippen LogP contribution is -2.40. The summed E-state index contributed by atoms with van der Waals surface area (Å²) < 4.78 is 22.8. The summed E-state index contributed by atoms with van der Waals surface area (Å²) in [4.78, 5) is 37.2. The number of rotatable bonds is 47. The maximum absolute atomic E-state index is 12.8. The van der Waals surface area contributed by atoms with Crippen LogP contribution >= 0.6 is 0 Å². The van der Waals surface area contributed by atoms with Gasteiger partial charge in [0.2, 0.25) is 0 Å². The first-order valence-corrected chi connectivity index (χ1v) is 26.3. The topological polar surface area (TPSA) is 108 Å². The third kappa shape index (κ3) is 48.4. The molecule has 2 atom stereocenters. The molecule has 0 fully saturated rings. The summed E-state index contributed by atoms with van der Waals surface area (Å²) in [6.45, 7) is 4.71. The van der Waals surface area contributed by atoms with Gasteiger partial charge in [0.1, 0.15) is 13.2 Å². The summed E-state index contributed by atoms with van der Waals surface area (Å²) in [7, 11) is 5.95. The predicted molar refractivity (Wildman–Crippen MR) is 276 cm³/mol. The molecule has 0 aromatic heterocycles. The van der Waals surface area contributed by atoms with Crippen molar-refractivity contribution in [2.24, 2.45) is 0 Å². The molecule has 0 saturated heterocycles. The Bertz CT molecular complexity index is 1350. The fraction of sp³-hybridized carbons (Fsp3) is 0.702. The van der Waals surface area contributed by atoms with Crippen LogP contribution in [0.15, 0.2) is 85.1 Å². The summed E-state index contributed by atoms with van der Waals surface area (Å²) in [6, 6.07) is 0. The summed E-state index contributed by atoms with van der Waals surface area (Å²) in [5.41, 5.74) is 0. The molecule has 0 radical (unpaired) electrons. The second-order valence-corrected chi connectivity index (χ2v) is 18.4. The van der Waals surface area contributed by atoms with Gasteiger partial charge < -0.3 is 28.5 Å². The molecule has 0 spiro atoms. The number of carboxylic acids is 1. The highest BCUT2D eigenvalue weighted by Gasteiger charge is 2.25. The van der Waals surface area contributed by atoms with Gasteiger partial charge in [0.05, 0.1) is 34.4 Å². The van der Waals surface area contributed by atoms with Gasteiger partial charge in [0, 0.05) is 12.8 Å². The van der Waals surface area contributed by atoms with E-state index < -0.39 is 24.3 Å². The van der Waals surface area contributed by atoms with Crippen molar-refractivity contribution in [2.45, 2.75) is 212 Å². The van der Waals surface area contributed by atoms with Crippen molar-refractivity contribution in [1.82, 2.24) is 0 Å². The van der Waals surface area contributed by atoms with E-state index in [-0.39, 0.29) is 38.6 Å². The molecule has 0 heterocycles. The van der Waals surface area contributed by atoms with Gasteiger partial charge in [-0.05, 0) is 89.9 Å². The predicted octanol–water partition coefficient (Wildman–Crippen LogP) is 14.8. The first kappa shape index (κ1) is 62.5. The molecule has 1 N–H and O–H groups in total. The summed E-state index contributed by atoms with van der Waals surface area (Å²) >= 11 is 0. The Labute approximate surface area is 404 Å². The Balaban J connectivity index is 4.25. The van der Waals surface area contributed by atoms with Crippen molar-refractivity contribution >= 4 is 17.9 Å². The lowest BCUT2D eigenvalue weighted by molar-refractivity contribution is -0.870. The fourth-order valence-electron chi connectivity index (χ4n) is 6.83. The fourth-order valence-corrected chi connectivity index (χ4v) is 6.83. The molecule has 9 nitrogen and oxygen atoms in total. The van der Waals surface area contributed by atoms with Gasteiger partial charge in [-0.2, -0.15) is 0 Å². The molecule has 2 unspecified atom stereocenters. The van der Waals surface area contributed by atoms with E-state index in [0.29, 0.717) is 17.4 Å². The van der Waals surface area contributed by atoms with Crippen LogP contribution in [0.1, 0.15) is 200 Å². The zero-order valence-corrected chi connectivity index (χ0v) is 42.8. The number of nitrogens with zero attached hydrogens (tertiary/aromatic N) is 1. The number of hydrogen-bond acceptors (Lipinski definition) is 7. The molecule has 66 heavy (non-hydrogen) atoms. The van der Waals surface area contributed by atoms with E-state index in [0.717, 1.165) is 103 Å². The van der Waals surface area contributed by atoms with Crippen LogP contribution in [0.25, 0.3) is 0 Å². The second-order valence-electron chi connectivity index (χ2n) is 18.4. The highest BCUT2D eigenvalue weighted by atomic mass is 16.7. The Morgan fingerprint density at radius 2 is 0.864 bits per heavy atom. The minimum absolute atomic E-state index is 0.182. The molecule has 0 aromatic rings. The number of likely N-dealkylation sites (N-methyl/N-ethyl adjacent to an activating group) is 1. The molecule has 0 aromatic carbocycles. The zero-order valence-electron chi connectivity index (χ0n) is 42.8. The lowest BCUT2D eigenvalue weighted by atomic mass is 10.0. The van der Waals surface area contributed by atoms with Gasteiger partial charge in [-0.15, -0.1) is 0 Å². The van der Waals surface area contributed by atoms with Gasteiger partial charge in [0.25, 0.3) is 6.29 Å². The summed E-state index contributed by atoms with van der Waals surface area (Å²) in [6.07, 6.45) is 59.4. The largest absolute Gasteiger partial charge is 0.477 e. The number of allylic oxidation sites excluding steroid dienone is 14. The average Bonchev–Trinajstić information content (AvgIpc) is 3.28. The minimum atomic E-state index is -1.52. The van der Waals surface area contributed by atoms with E-state index >= 15 is 0 Å². The number of carbonyl (C=O) groups is 3. The van der Waals surface area contributed by atoms with E-state index in [2.05, 4.69) is 98.9 Å². The molecule has 0 rings (SSSR count). The molecule has 0 saturated carbocycles. The SMILES string of the molecule is CC/C=C\C/C=C\C/C=C\C/C=C\C/C=C\C/C=C\CCCCCCCCCCCCC(=O)OC(COC(=O)CCCCCCC/C=C\CCCCC)COC(OCC[N+](C)(C)C)C(=O)O. The van der Waals surface area contributed by atoms with Crippen molar-refractivity contribution < 1.29 is 42.9 Å². The maximum atomic E-state index is 12.8. The van der Waals surface area contributed by atoms with E-state index in [9.17, 15) is 19.5 Å². The van der Waals surface area contributed by atoms with E-state index in [1.54, 1.807) is 0 Å². The first-order valence-electron chi connectivity index (χ1n) is 26.3. The van der Waals surface area contributed by atoms with Crippen LogP contribution in [0.5, 0.6) is 0 Å². The molecule has 0 aliphatic carbocycles. The number of carbonyl (C=O) groups excluding carboxylic acids is 2. The smallest absolute Gasteiger partial charge is 0.361 e. The molecule has 0 aliphatic heterocycles. The Kier molecular flexibility index (Phi) is 45.4. The van der Waals surface area contributed by atoms with Gasteiger partial charge in [-0.1, -0.05) is 182 Å². The minimum Gasteiger partial charge on any atom is -0.477 e. The highest BCUT2D eigenvalue weighted by molar-refractivity contribution is 5.71. The van der Waals surface area contributed by atoms with Crippen LogP contribution in [0.2, 0.25) is 0 Å². The first-order chi connectivity index (χ1) is 32.1. The Morgan fingerprint density at radius 1 is 0.470 bits per heavy atom. The lowest BCUT2D eigenvalue weighted by Gasteiger charge is -2.25. The van der Waals surface area contributed by atoms with Crippen molar-refractivity contribution in [3.8, 4) is 0 Å². The Morgan fingerprint density at radius 3 is 1.30 bits per heavy atom. The maximum Gasteiger partial charge on any atom is 0.361 e. The van der Waals surface area contributed by atoms with Crippen LogP contribution in [0, 0.1) is 0 Å². The summed E-state index contributed by atoms with van der Waals surface area (Å²) in [5, 5.41) is 9.66. The molecule has 0 bridgehead atoms. The number of unbranched alkanes of at least 4 members (excludes halogenated alkanes) is 18. The van der Waals surface area contributed by atoms with Crippen LogP contribution < -0.4 is 0 Å². The monoisotopic (exact) mass is 925 g/mol. The average molecular weight is 925 g/mol. The molecular formula is C57H98NO8+. The van der Waals surface area contributed by atoms with Crippen LogP contribution in [-0.2, 0) is 33.3 Å². The van der Waals surface area contributed by atoms with Crippen molar-refractivity contribution in [2.75, 3.05) is 47.5 Å². The molecule has 9 heteroatoms. The number of quaternary nitrogens is 1. The van der Waals surface area contributed by atoms with E-state index in [1.807, 2.05) is 21.1 Å². The standard InChI is InChI=1S/C57H97NO8/c1-6-8-10-12-14-16-18-20-21-22-23-24-25-26-27-28-29-30-31-32-33-34-35-36-38-40-42-44-46-48-55(60)66-53(52-65-57(56(61)62)63-50-49-58(3,4)5)51-64-54(59)47-45-43-41-39-37-19-17-15-13-11-9-7-2/h8,10,14-17,20-21,23-24,26-27,29-30,53,57H,6-7,9,11-13,18-19,22,25,28,31-52H2,1-5H3/p+1/b10-8-,16-14-,17-15-,21-20-,24-23-,27-26-,30-29-. The third-order valence-electron chi connectivity index (χ3n) is 10.9. The zero-order chi connectivity index (χ0) is 48.4. The molecule has 0 aliphatic rings. The van der Waals surface area contributed by atoms with Crippen LogP contribution in [-0.4, -0.2) is 87.4 Å². The van der Waals surface area contributed by atoms with Gasteiger partial charge >= 0.3 is 17.9 Å². The highest BCUT2D eigenvalue weighted by Crippen LogP contribution is 2.14. The number of ether oxygens (including phenoxy) is 4. The quantitative estimate of drug-likeness (QED) is 0.0211. The number of esters is 2. The van der Waals surface area contributed by atoms with E-state index in [1.165, 1.54) is 64.2 Å². The van der Waals surface area contributed by atoms with Crippen molar-refractivity contribution in [3.05, 3.63) is 85.1 Å². The third-order valence-corrected chi connectivity index (χ3v) is 10.9. The normalized spacial score (nSPS) is 13.5. The van der Waals surface area contributed by atoms with Gasteiger partial charge in [-0.25, -0.2) is 4.79 Å². The van der Waals surface area contributed by atoms with Crippen molar-refractivity contribution in [3.63, 3.8) is 0 Å². The summed E-state index contributed by atoms with van der Waals surface area (Å²) in [5.74, 6) is -2.03. The van der Waals surface area contributed by atoms with Gasteiger partial charge in [0.15, 0.2) is 6.10 Å². The number of hydrogen-bond donors (Lipinski definition) is 1. The van der Waals surface area contributed by atoms with Crippen LogP contribution in [0.3, 0.4) is 0 Å². The second kappa shape index (κ2) is 47.9. The van der Waals surface area contributed by atoms with Crippen molar-refractivity contribution in [1.29, 1.82) is 0 Å². The number of aliphatic carboxylic acids is 1. The van der Waals surface area contributed by atoms with E-state index in [4.69, 9.17) is 18.9 Å². The molecule has 378 valence electrons. The number of carboxylic acid groups (broad SMARTS) is 1. The molecular weight excluding hydrogens is 827 g/mol. The molecule has 0 amide bonds.